The maximum absolute atomic E-state index is 2.53. The zero-order valence-corrected chi connectivity index (χ0v) is 24.6. The van der Waals surface area contributed by atoms with E-state index in [0.717, 1.165) is 0 Å². The second-order valence-electron chi connectivity index (χ2n) is 12.1. The van der Waals surface area contributed by atoms with E-state index >= 15 is 0 Å². The average molecular weight is 576 g/mol. The maximum Gasteiger partial charge on any atom is 0.0629 e. The van der Waals surface area contributed by atoms with Crippen molar-refractivity contribution in [1.29, 1.82) is 0 Å². The Morgan fingerprint density at radius 1 is 0.422 bits per heavy atom. The Hall–Kier alpha value is -5.80. The molecule has 45 heavy (non-hydrogen) atoms. The third-order valence-electron chi connectivity index (χ3n) is 9.82. The predicted molar refractivity (Wildman–Crippen MR) is 189 cm³/mol. The monoisotopic (exact) mass is 575 g/mol. The highest BCUT2D eigenvalue weighted by Crippen LogP contribution is 2.48. The largest absolute Gasteiger partial charge is 0.333 e. The Kier molecular flexibility index (Phi) is 5.11. The van der Waals surface area contributed by atoms with Crippen LogP contribution >= 0.6 is 0 Å². The quantitative estimate of drug-likeness (QED) is 0.204. The van der Waals surface area contributed by atoms with Gasteiger partial charge in [-0.05, 0) is 66.2 Å². The summed E-state index contributed by atoms with van der Waals surface area (Å²) in [6, 6.07) is 51.3. The van der Waals surface area contributed by atoms with E-state index in [2.05, 4.69) is 178 Å². The molecule has 3 heteroatoms. The van der Waals surface area contributed by atoms with Crippen molar-refractivity contribution >= 4 is 55.0 Å². The molecule has 0 radical (unpaired) electrons. The van der Waals surface area contributed by atoms with Gasteiger partial charge in [-0.15, -0.1) is 0 Å². The molecule has 3 nitrogen and oxygen atoms in total. The van der Waals surface area contributed by atoms with Gasteiger partial charge in [0.15, 0.2) is 0 Å². The van der Waals surface area contributed by atoms with Crippen LogP contribution in [0.15, 0.2) is 164 Å². The van der Waals surface area contributed by atoms with E-state index < -0.39 is 0 Å². The minimum absolute atomic E-state index is 0.274. The van der Waals surface area contributed by atoms with Crippen molar-refractivity contribution in [2.75, 3.05) is 4.90 Å². The summed E-state index contributed by atoms with van der Waals surface area (Å²) in [6.07, 6.45) is 9.08. The number of rotatable bonds is 3. The van der Waals surface area contributed by atoms with Gasteiger partial charge in [0.1, 0.15) is 0 Å². The molecule has 0 fully saturated rings. The molecule has 2 aromatic heterocycles. The molecule has 0 bridgehead atoms. The number of fused-ring (bicyclic) bond motifs is 9. The number of hydrogen-bond acceptors (Lipinski definition) is 1. The van der Waals surface area contributed by atoms with Gasteiger partial charge in [0.2, 0.25) is 0 Å². The molecular formula is C42H29N3. The highest BCUT2D eigenvalue weighted by molar-refractivity contribution is 6.16. The molecule has 2 atom stereocenters. The molecule has 1 aliphatic heterocycles. The van der Waals surface area contributed by atoms with Crippen LogP contribution in [-0.4, -0.2) is 15.2 Å². The summed E-state index contributed by atoms with van der Waals surface area (Å²) in [4.78, 5) is 2.53. The van der Waals surface area contributed by atoms with Gasteiger partial charge in [0, 0.05) is 44.5 Å². The minimum atomic E-state index is 0.274. The van der Waals surface area contributed by atoms with Crippen molar-refractivity contribution in [3.8, 4) is 11.4 Å². The summed E-state index contributed by atoms with van der Waals surface area (Å²) in [7, 11) is 0. The topological polar surface area (TPSA) is 13.1 Å². The van der Waals surface area contributed by atoms with Gasteiger partial charge >= 0.3 is 0 Å². The number of allylic oxidation sites excluding steroid dienone is 2. The van der Waals surface area contributed by atoms with Crippen molar-refractivity contribution in [3.63, 3.8) is 0 Å². The molecule has 0 saturated carbocycles. The van der Waals surface area contributed by atoms with Crippen LogP contribution in [-0.2, 0) is 0 Å². The van der Waals surface area contributed by atoms with Gasteiger partial charge in [-0.25, -0.2) is 0 Å². The first kappa shape index (κ1) is 24.6. The summed E-state index contributed by atoms with van der Waals surface area (Å²) in [5.41, 5.74) is 11.1. The molecule has 2 unspecified atom stereocenters. The first-order chi connectivity index (χ1) is 22.4. The lowest BCUT2D eigenvalue weighted by Crippen LogP contribution is -2.28. The standard InChI is InChI=1S/C42H29N3/c1-2-13-28(14-3-1)43-38-22-11-7-18-33(38)42-40(43)23-12-24-41(42)45-37-21-10-6-17-32(37)34-27-29(25-26-39(34)45)44-35-19-8-4-15-30(35)31-16-5-9-20-36(31)44/h1-27,30,35H. The van der Waals surface area contributed by atoms with Crippen molar-refractivity contribution in [2.45, 2.75) is 12.0 Å². The molecule has 1 aliphatic carbocycles. The molecule has 212 valence electrons. The Morgan fingerprint density at radius 3 is 1.98 bits per heavy atom. The van der Waals surface area contributed by atoms with Crippen LogP contribution in [0.2, 0.25) is 0 Å². The lowest BCUT2D eigenvalue weighted by Gasteiger charge is -2.28. The maximum atomic E-state index is 2.53. The van der Waals surface area contributed by atoms with Crippen LogP contribution in [0.5, 0.6) is 0 Å². The van der Waals surface area contributed by atoms with E-state index in [1.54, 1.807) is 0 Å². The summed E-state index contributed by atoms with van der Waals surface area (Å²) in [6.45, 7) is 0. The SMILES string of the molecule is C1=CC2c3ccccc3N(c3ccc4c(c3)c3ccccc3n4-c3cccc4c3c3ccccc3n4-c3ccccc3)C2C=C1. The van der Waals surface area contributed by atoms with Gasteiger partial charge in [0.25, 0.3) is 0 Å². The summed E-state index contributed by atoms with van der Waals surface area (Å²) < 4.78 is 4.87. The Balaban J connectivity index is 1.25. The zero-order chi connectivity index (χ0) is 29.5. The molecule has 8 aromatic rings. The number of benzene rings is 6. The molecule has 0 amide bonds. The third-order valence-corrected chi connectivity index (χ3v) is 9.82. The van der Waals surface area contributed by atoms with Crippen LogP contribution < -0.4 is 4.90 Å². The van der Waals surface area contributed by atoms with Crippen LogP contribution in [0.25, 0.3) is 55.0 Å². The van der Waals surface area contributed by atoms with Gasteiger partial charge in [-0.3, -0.25) is 0 Å². The zero-order valence-electron chi connectivity index (χ0n) is 24.6. The summed E-state index contributed by atoms with van der Waals surface area (Å²) in [5.74, 6) is 0.364. The first-order valence-corrected chi connectivity index (χ1v) is 15.7. The Morgan fingerprint density at radius 2 is 1.09 bits per heavy atom. The van der Waals surface area contributed by atoms with E-state index in [1.807, 2.05) is 0 Å². The van der Waals surface area contributed by atoms with Gasteiger partial charge in [-0.2, -0.15) is 0 Å². The van der Waals surface area contributed by atoms with Gasteiger partial charge < -0.3 is 14.0 Å². The highest BCUT2D eigenvalue weighted by Gasteiger charge is 2.37. The van der Waals surface area contributed by atoms with E-state index in [4.69, 9.17) is 0 Å². The summed E-state index contributed by atoms with van der Waals surface area (Å²) >= 11 is 0. The normalized spacial score (nSPS) is 17.1. The second-order valence-corrected chi connectivity index (χ2v) is 12.1. The number of nitrogens with zero attached hydrogens (tertiary/aromatic N) is 3. The third kappa shape index (κ3) is 3.41. The molecular weight excluding hydrogens is 546 g/mol. The van der Waals surface area contributed by atoms with Crippen molar-refractivity contribution in [3.05, 3.63) is 169 Å². The fourth-order valence-electron chi connectivity index (χ4n) is 8.00. The first-order valence-electron chi connectivity index (χ1n) is 15.7. The molecule has 0 saturated heterocycles. The smallest absolute Gasteiger partial charge is 0.0629 e. The fourth-order valence-corrected chi connectivity index (χ4v) is 8.00. The molecule has 10 rings (SSSR count). The van der Waals surface area contributed by atoms with Gasteiger partial charge in [0.05, 0.1) is 33.8 Å². The summed E-state index contributed by atoms with van der Waals surface area (Å²) in [5, 5.41) is 5.05. The van der Waals surface area contributed by atoms with Crippen LogP contribution in [0.3, 0.4) is 0 Å². The van der Waals surface area contributed by atoms with Crippen molar-refractivity contribution in [2.24, 2.45) is 0 Å². The number of aromatic nitrogens is 2. The number of hydrogen-bond donors (Lipinski definition) is 0. The lowest BCUT2D eigenvalue weighted by atomic mass is 9.91. The molecule has 3 heterocycles. The molecule has 6 aromatic carbocycles. The van der Waals surface area contributed by atoms with E-state index in [1.165, 1.54) is 71.9 Å². The van der Waals surface area contributed by atoms with Gasteiger partial charge in [-0.1, -0.05) is 103 Å². The fraction of sp³-hybridized carbons (Fsp3) is 0.0476. The second kappa shape index (κ2) is 9.35. The van der Waals surface area contributed by atoms with E-state index in [0.29, 0.717) is 5.92 Å². The Labute approximate surface area is 261 Å². The Bertz CT molecular complexity index is 2510. The average Bonchev–Trinajstić information content (AvgIpc) is 3.74. The lowest BCUT2D eigenvalue weighted by molar-refractivity contribution is 0.745. The van der Waals surface area contributed by atoms with Crippen LogP contribution in [0, 0.1) is 0 Å². The van der Waals surface area contributed by atoms with E-state index in [9.17, 15) is 0 Å². The molecule has 2 aliphatic rings. The molecule has 0 N–H and O–H groups in total. The van der Waals surface area contributed by atoms with Crippen molar-refractivity contribution < 1.29 is 0 Å². The highest BCUT2D eigenvalue weighted by atomic mass is 15.2. The van der Waals surface area contributed by atoms with Crippen LogP contribution in [0.1, 0.15) is 11.5 Å². The van der Waals surface area contributed by atoms with Crippen molar-refractivity contribution in [1.82, 2.24) is 9.13 Å². The minimum Gasteiger partial charge on any atom is -0.333 e. The number of anilines is 2. The van der Waals surface area contributed by atoms with E-state index in [-0.39, 0.29) is 6.04 Å². The molecule has 0 spiro atoms. The van der Waals surface area contributed by atoms with Crippen LogP contribution in [0.4, 0.5) is 11.4 Å². The predicted octanol–water partition coefficient (Wildman–Crippen LogP) is 10.6. The number of para-hydroxylation sites is 4.